The van der Waals surface area contributed by atoms with Crippen molar-refractivity contribution in [2.45, 2.75) is 12.5 Å². The summed E-state index contributed by atoms with van der Waals surface area (Å²) in [6.45, 7) is 4.02. The zero-order valence-electron chi connectivity index (χ0n) is 23.7. The Morgan fingerprint density at radius 1 is 1.12 bits per heavy atom. The molecule has 42 heavy (non-hydrogen) atoms. The average molecular weight is 613 g/mol. The standard InChI is InChI=1S/C30H33ClN4O6S/c1-39-12-10-33(11-13-40-2)30-32-24-6-5-20(15-28(24)42-30)35-18-22(29(37)38)27(36)16-26(35)19-4-7-25(23(31)14-19)34-9-8-21(17-34)41-3/h4-7,14-16,18,21H,8-13,17H2,1-3H3,(H,37,38)/t21-/m1/s1. The Labute approximate surface area is 252 Å². The van der Waals surface area contributed by atoms with Crippen molar-refractivity contribution < 1.29 is 24.1 Å². The molecule has 12 heteroatoms. The molecule has 0 amide bonds. The van der Waals surface area contributed by atoms with Gasteiger partial charge in [0, 0.05) is 71.0 Å². The van der Waals surface area contributed by atoms with Crippen LogP contribution in [-0.4, -0.2) is 87.5 Å². The highest BCUT2D eigenvalue weighted by Crippen LogP contribution is 2.35. The maximum Gasteiger partial charge on any atom is 0.341 e. The van der Waals surface area contributed by atoms with E-state index in [0.29, 0.717) is 48.3 Å². The number of ether oxygens (including phenoxy) is 3. The van der Waals surface area contributed by atoms with Gasteiger partial charge in [0.1, 0.15) is 5.56 Å². The highest BCUT2D eigenvalue weighted by Gasteiger charge is 2.24. The van der Waals surface area contributed by atoms with Crippen molar-refractivity contribution in [1.29, 1.82) is 0 Å². The number of aromatic carboxylic acids is 1. The van der Waals surface area contributed by atoms with E-state index >= 15 is 0 Å². The molecule has 0 saturated carbocycles. The van der Waals surface area contributed by atoms with Gasteiger partial charge in [0.2, 0.25) is 0 Å². The van der Waals surface area contributed by atoms with Crippen molar-refractivity contribution in [3.8, 4) is 16.9 Å². The van der Waals surface area contributed by atoms with E-state index in [0.717, 1.165) is 40.5 Å². The lowest BCUT2D eigenvalue weighted by atomic mass is 10.1. The Kier molecular flexibility index (Phi) is 9.44. The van der Waals surface area contributed by atoms with Gasteiger partial charge in [-0.1, -0.05) is 29.0 Å². The van der Waals surface area contributed by atoms with Crippen LogP contribution in [0.3, 0.4) is 0 Å². The molecule has 0 radical (unpaired) electrons. The number of hydrogen-bond donors (Lipinski definition) is 1. The molecule has 10 nitrogen and oxygen atoms in total. The summed E-state index contributed by atoms with van der Waals surface area (Å²) in [6.07, 6.45) is 2.45. The van der Waals surface area contributed by atoms with Gasteiger partial charge in [-0.05, 0) is 36.8 Å². The van der Waals surface area contributed by atoms with Gasteiger partial charge in [-0.25, -0.2) is 9.78 Å². The molecule has 1 N–H and O–H groups in total. The molecule has 1 aliphatic heterocycles. The third-order valence-corrected chi connectivity index (χ3v) is 8.77. The third-order valence-electron chi connectivity index (χ3n) is 7.38. The summed E-state index contributed by atoms with van der Waals surface area (Å²) in [5.74, 6) is -1.29. The number of hydrogen-bond acceptors (Lipinski definition) is 9. The van der Waals surface area contributed by atoms with Crippen LogP contribution in [0.2, 0.25) is 5.02 Å². The predicted molar refractivity (Wildman–Crippen MR) is 166 cm³/mol. The van der Waals surface area contributed by atoms with Gasteiger partial charge in [0.15, 0.2) is 10.6 Å². The van der Waals surface area contributed by atoms with Crippen molar-refractivity contribution in [3.05, 3.63) is 69.5 Å². The molecule has 1 fully saturated rings. The minimum Gasteiger partial charge on any atom is -0.477 e. The number of rotatable bonds is 12. The highest BCUT2D eigenvalue weighted by molar-refractivity contribution is 7.22. The normalized spacial score (nSPS) is 15.0. The minimum atomic E-state index is -1.29. The number of carbonyl (C=O) groups is 1. The van der Waals surface area contributed by atoms with Gasteiger partial charge in [-0.3, -0.25) is 4.79 Å². The average Bonchev–Trinajstić information content (AvgIpc) is 3.64. The van der Waals surface area contributed by atoms with Crippen LogP contribution < -0.4 is 15.2 Å². The van der Waals surface area contributed by atoms with E-state index in [-0.39, 0.29) is 11.7 Å². The van der Waals surface area contributed by atoms with Gasteiger partial charge in [-0.2, -0.15) is 0 Å². The van der Waals surface area contributed by atoms with Crippen LogP contribution >= 0.6 is 22.9 Å². The number of fused-ring (bicyclic) bond motifs is 1. The molecule has 2 aromatic heterocycles. The van der Waals surface area contributed by atoms with Crippen LogP contribution in [0.4, 0.5) is 10.8 Å². The number of aromatic nitrogens is 2. The molecule has 1 aliphatic rings. The third kappa shape index (κ3) is 6.30. The van der Waals surface area contributed by atoms with Gasteiger partial charge in [0.05, 0.1) is 45.9 Å². The number of thiazole rings is 1. The molecule has 0 bridgehead atoms. The first-order valence-corrected chi connectivity index (χ1v) is 14.7. The lowest BCUT2D eigenvalue weighted by Gasteiger charge is -2.21. The monoisotopic (exact) mass is 612 g/mol. The number of nitrogens with zero attached hydrogens (tertiary/aromatic N) is 4. The molecule has 0 spiro atoms. The summed E-state index contributed by atoms with van der Waals surface area (Å²) in [5.41, 5.74) is 2.71. The van der Waals surface area contributed by atoms with E-state index in [1.807, 2.05) is 36.4 Å². The van der Waals surface area contributed by atoms with Gasteiger partial charge in [0.25, 0.3) is 0 Å². The second kappa shape index (κ2) is 13.2. The largest absolute Gasteiger partial charge is 0.477 e. The quantitative estimate of drug-likeness (QED) is 0.242. The highest BCUT2D eigenvalue weighted by atomic mass is 35.5. The first-order valence-electron chi connectivity index (χ1n) is 13.5. The molecular formula is C30H33ClN4O6S. The molecular weight excluding hydrogens is 580 g/mol. The number of halogens is 1. The molecule has 1 saturated heterocycles. The van der Waals surface area contributed by atoms with Crippen LogP contribution in [0.1, 0.15) is 16.8 Å². The van der Waals surface area contributed by atoms with Crippen molar-refractivity contribution in [1.82, 2.24) is 9.55 Å². The number of methoxy groups -OCH3 is 3. The summed E-state index contributed by atoms with van der Waals surface area (Å²) >= 11 is 8.29. The number of pyridine rings is 1. The van der Waals surface area contributed by atoms with Crippen molar-refractivity contribution in [2.75, 3.05) is 70.5 Å². The van der Waals surface area contributed by atoms with Gasteiger partial charge in [-0.15, -0.1) is 0 Å². The van der Waals surface area contributed by atoms with Crippen LogP contribution in [-0.2, 0) is 14.2 Å². The second-order valence-electron chi connectivity index (χ2n) is 9.99. The lowest BCUT2D eigenvalue weighted by molar-refractivity contribution is 0.0695. The molecule has 4 aromatic rings. The molecule has 2 aromatic carbocycles. The Morgan fingerprint density at radius 2 is 1.88 bits per heavy atom. The summed E-state index contributed by atoms with van der Waals surface area (Å²) in [7, 11) is 5.04. The summed E-state index contributed by atoms with van der Waals surface area (Å²) < 4.78 is 18.7. The molecule has 0 aliphatic carbocycles. The van der Waals surface area contributed by atoms with E-state index in [4.69, 9.17) is 30.8 Å². The van der Waals surface area contributed by atoms with Crippen molar-refractivity contribution >= 4 is 49.9 Å². The SMILES string of the molecule is COCCN(CCOC)c1nc2ccc(-n3cc(C(=O)O)c(=O)cc3-c3ccc(N4CC[C@@H](OC)C4)c(Cl)c3)cc2s1. The van der Waals surface area contributed by atoms with Crippen molar-refractivity contribution in [2.24, 2.45) is 0 Å². The lowest BCUT2D eigenvalue weighted by Crippen LogP contribution is -2.30. The Morgan fingerprint density at radius 3 is 2.52 bits per heavy atom. The maximum absolute atomic E-state index is 12.8. The van der Waals surface area contributed by atoms with Gasteiger partial charge >= 0.3 is 5.97 Å². The summed E-state index contributed by atoms with van der Waals surface area (Å²) in [5, 5.41) is 11.1. The zero-order valence-corrected chi connectivity index (χ0v) is 25.3. The molecule has 1 atom stereocenters. The Balaban J connectivity index is 1.56. The van der Waals surface area contributed by atoms with Gasteiger partial charge < -0.3 is 33.7 Å². The maximum atomic E-state index is 12.8. The molecule has 3 heterocycles. The number of carboxylic acids is 1. The van der Waals surface area contributed by atoms with E-state index < -0.39 is 11.4 Å². The number of benzene rings is 2. The minimum absolute atomic E-state index is 0.156. The topological polar surface area (TPSA) is 106 Å². The number of anilines is 2. The number of carboxylic acid groups (broad SMARTS) is 1. The van der Waals surface area contributed by atoms with Crippen LogP contribution in [0.25, 0.3) is 27.2 Å². The smallest absolute Gasteiger partial charge is 0.341 e. The van der Waals surface area contributed by atoms with E-state index in [1.165, 1.54) is 23.6 Å². The van der Waals surface area contributed by atoms with Crippen LogP contribution in [0.15, 0.2) is 53.5 Å². The predicted octanol–water partition coefficient (Wildman–Crippen LogP) is 4.79. The molecule has 222 valence electrons. The first kappa shape index (κ1) is 30.0. The fraction of sp³-hybridized carbons (Fsp3) is 0.367. The summed E-state index contributed by atoms with van der Waals surface area (Å²) in [4.78, 5) is 33.9. The van der Waals surface area contributed by atoms with E-state index in [2.05, 4.69) is 9.80 Å². The van der Waals surface area contributed by atoms with Crippen LogP contribution in [0.5, 0.6) is 0 Å². The van der Waals surface area contributed by atoms with Crippen LogP contribution in [0, 0.1) is 0 Å². The van der Waals surface area contributed by atoms with E-state index in [1.54, 1.807) is 25.9 Å². The van der Waals surface area contributed by atoms with Crippen molar-refractivity contribution in [3.63, 3.8) is 0 Å². The molecule has 0 unspecified atom stereocenters. The Hall–Kier alpha value is -3.48. The zero-order chi connectivity index (χ0) is 29.8. The van der Waals surface area contributed by atoms with E-state index in [9.17, 15) is 14.7 Å². The Bertz CT molecular complexity index is 1630. The second-order valence-corrected chi connectivity index (χ2v) is 11.4. The fourth-order valence-corrected chi connectivity index (χ4v) is 6.44. The first-order chi connectivity index (χ1) is 20.3. The fourth-order valence-electron chi connectivity index (χ4n) is 5.08. The molecule has 5 rings (SSSR count). The summed E-state index contributed by atoms with van der Waals surface area (Å²) in [6, 6.07) is 12.7.